The Hall–Kier alpha value is -0.300. The van der Waals surface area contributed by atoms with E-state index in [0.29, 0.717) is 0 Å². The maximum absolute atomic E-state index is 7.49. The van der Waals surface area contributed by atoms with Gasteiger partial charge in [-0.15, -0.1) is 0 Å². The summed E-state index contributed by atoms with van der Waals surface area (Å²) < 4.78 is 44.0. The van der Waals surface area contributed by atoms with E-state index in [1.165, 1.54) is 0 Å². The number of benzene rings is 1. The summed E-state index contributed by atoms with van der Waals surface area (Å²) in [6, 6.07) is -1.19. The summed E-state index contributed by atoms with van der Waals surface area (Å²) in [5.41, 5.74) is -0.141. The molecule has 0 spiro atoms. The summed E-state index contributed by atoms with van der Waals surface area (Å²) in [6.07, 6.45) is 0. The van der Waals surface area contributed by atoms with Crippen LogP contribution in [0.25, 0.3) is 0 Å². The summed E-state index contributed by atoms with van der Waals surface area (Å²) in [6.45, 7) is -1.48. The molecular formula is C7H7Br. The first kappa shape index (κ1) is 1.84. The minimum absolute atomic E-state index is 0.0676. The first-order valence-corrected chi connectivity index (χ1v) is 2.77. The lowest BCUT2D eigenvalue weighted by atomic mass is 10.2. The van der Waals surface area contributed by atoms with Gasteiger partial charge >= 0.3 is 0 Å². The molecule has 0 saturated heterocycles. The molecule has 0 aliphatic carbocycles. The largest absolute Gasteiger partial charge is 0.0637 e. The van der Waals surface area contributed by atoms with E-state index >= 15 is 0 Å². The topological polar surface area (TPSA) is 0 Å². The highest BCUT2D eigenvalue weighted by Gasteiger charge is 1.82. The maximum Gasteiger partial charge on any atom is 0.0637 e. The van der Waals surface area contributed by atoms with Crippen LogP contribution >= 0.6 is 15.9 Å². The van der Waals surface area contributed by atoms with Gasteiger partial charge in [0.1, 0.15) is 0 Å². The Morgan fingerprint density at radius 2 is 2.62 bits per heavy atom. The van der Waals surface area contributed by atoms with Crippen molar-refractivity contribution in [2.45, 2.75) is 6.88 Å². The van der Waals surface area contributed by atoms with E-state index in [4.69, 9.17) is 8.22 Å². The van der Waals surface area contributed by atoms with Crippen LogP contribution in [0.15, 0.2) is 28.6 Å². The standard InChI is InChI=1S/C7H7Br/c1-6-3-2-4-7(8)5-6/h2-5H,1H3/i1D2,2D,3D,4D,5D. The van der Waals surface area contributed by atoms with Crippen LogP contribution in [0.4, 0.5) is 0 Å². The Morgan fingerprint density at radius 3 is 3.38 bits per heavy atom. The SMILES string of the molecule is [2H]c1c([2H])c(Br)c([2H])c(C([2H])[2H])c1[2H]. The molecule has 0 unspecified atom stereocenters. The van der Waals surface area contributed by atoms with Crippen LogP contribution < -0.4 is 0 Å². The van der Waals surface area contributed by atoms with E-state index in [-0.39, 0.29) is 34.2 Å². The molecule has 0 aliphatic heterocycles. The van der Waals surface area contributed by atoms with Gasteiger partial charge in [0.15, 0.2) is 0 Å². The monoisotopic (exact) mass is 176 g/mol. The minimum atomic E-state index is -1.48. The third-order valence-corrected chi connectivity index (χ3v) is 1.01. The van der Waals surface area contributed by atoms with Gasteiger partial charge < -0.3 is 0 Å². The molecule has 0 atom stereocenters. The lowest BCUT2D eigenvalue weighted by Gasteiger charge is -1.89. The average Bonchev–Trinajstić information content (AvgIpc) is 2.11. The van der Waals surface area contributed by atoms with Crippen molar-refractivity contribution in [2.24, 2.45) is 0 Å². The maximum atomic E-state index is 7.49. The van der Waals surface area contributed by atoms with E-state index in [2.05, 4.69) is 15.9 Å². The van der Waals surface area contributed by atoms with Gasteiger partial charge in [0.25, 0.3) is 0 Å². The first-order chi connectivity index (χ1) is 6.37. The summed E-state index contributed by atoms with van der Waals surface area (Å²) in [4.78, 5) is 0. The number of rotatable bonds is 0. The fourth-order valence-electron chi connectivity index (χ4n) is 0.334. The van der Waals surface area contributed by atoms with Crippen molar-refractivity contribution in [2.75, 3.05) is 0 Å². The van der Waals surface area contributed by atoms with E-state index in [9.17, 15) is 0 Å². The van der Waals surface area contributed by atoms with Crippen LogP contribution in [0.2, 0.25) is 0 Å². The lowest BCUT2D eigenvalue weighted by molar-refractivity contribution is 1.45. The van der Waals surface area contributed by atoms with E-state index < -0.39 is 6.88 Å². The molecule has 1 aromatic carbocycles. The Kier molecular flexibility index (Phi) is 0.533. The number of halogens is 1. The van der Waals surface area contributed by atoms with Crippen LogP contribution in [0, 0.1) is 6.88 Å². The Morgan fingerprint density at radius 1 is 1.75 bits per heavy atom. The van der Waals surface area contributed by atoms with Crippen molar-refractivity contribution in [1.82, 2.24) is 0 Å². The highest BCUT2D eigenvalue weighted by atomic mass is 79.9. The molecule has 1 aromatic rings. The molecule has 1 heteroatoms. The van der Waals surface area contributed by atoms with Crippen LogP contribution in [0.5, 0.6) is 0 Å². The molecule has 0 heterocycles. The van der Waals surface area contributed by atoms with Crippen LogP contribution in [-0.2, 0) is 0 Å². The highest BCUT2D eigenvalue weighted by molar-refractivity contribution is 9.10. The third kappa shape index (κ3) is 1.34. The smallest absolute Gasteiger partial charge is 0.0609 e. The summed E-state index contributed by atoms with van der Waals surface area (Å²) >= 11 is 2.94. The normalized spacial score (nSPS) is 20.2. The van der Waals surface area contributed by atoms with Gasteiger partial charge in [-0.3, -0.25) is 0 Å². The fourth-order valence-corrected chi connectivity index (χ4v) is 0.647. The summed E-state index contributed by atoms with van der Waals surface area (Å²) in [5.74, 6) is 0. The molecule has 1 rings (SSSR count). The Balaban J connectivity index is 3.60. The van der Waals surface area contributed by atoms with Gasteiger partial charge in [0.2, 0.25) is 0 Å². The van der Waals surface area contributed by atoms with Gasteiger partial charge in [0.05, 0.1) is 5.48 Å². The van der Waals surface area contributed by atoms with Gasteiger partial charge in [-0.05, 0) is 19.0 Å². The van der Waals surface area contributed by atoms with Crippen LogP contribution in [0.1, 0.15) is 13.8 Å². The average molecular weight is 177 g/mol. The molecule has 0 aromatic heterocycles. The van der Waals surface area contributed by atoms with Crippen molar-refractivity contribution >= 4 is 15.9 Å². The zero-order valence-corrected chi connectivity index (χ0v) is 5.54. The molecule has 42 valence electrons. The lowest BCUT2D eigenvalue weighted by Crippen LogP contribution is -1.67. The second kappa shape index (κ2) is 2.31. The quantitative estimate of drug-likeness (QED) is 0.571. The highest BCUT2D eigenvalue weighted by Crippen LogP contribution is 2.09. The first-order valence-electron chi connectivity index (χ1n) is 5.13. The Labute approximate surface area is 66.1 Å². The second-order valence-electron chi connectivity index (χ2n) is 1.23. The van der Waals surface area contributed by atoms with Crippen LogP contribution in [0.3, 0.4) is 0 Å². The van der Waals surface area contributed by atoms with Gasteiger partial charge in [-0.1, -0.05) is 33.6 Å². The number of hydrogen-bond acceptors (Lipinski definition) is 0. The molecule has 0 aliphatic rings. The molecule has 8 heavy (non-hydrogen) atoms. The summed E-state index contributed by atoms with van der Waals surface area (Å²) in [5, 5.41) is 0. The van der Waals surface area contributed by atoms with Gasteiger partial charge in [-0.2, -0.15) is 0 Å². The predicted octanol–water partition coefficient (Wildman–Crippen LogP) is 2.76. The molecule has 0 radical (unpaired) electrons. The molecule has 0 fully saturated rings. The molecular weight excluding hydrogens is 164 g/mol. The van der Waals surface area contributed by atoms with Crippen molar-refractivity contribution in [1.29, 1.82) is 0 Å². The zero-order valence-electron chi connectivity index (χ0n) is 9.96. The minimum Gasteiger partial charge on any atom is -0.0609 e. The van der Waals surface area contributed by atoms with E-state index in [0.717, 1.165) is 0 Å². The second-order valence-corrected chi connectivity index (χ2v) is 2.02. The fraction of sp³-hybridized carbons (Fsp3) is 0.143. The van der Waals surface area contributed by atoms with Gasteiger partial charge in [0, 0.05) is 7.21 Å². The van der Waals surface area contributed by atoms with E-state index in [1.807, 2.05) is 0 Å². The summed E-state index contributed by atoms with van der Waals surface area (Å²) in [7, 11) is 0. The van der Waals surface area contributed by atoms with Crippen LogP contribution in [-0.4, -0.2) is 0 Å². The Bertz CT molecular complexity index is 346. The zero-order chi connectivity index (χ0) is 11.0. The van der Waals surface area contributed by atoms with Crippen molar-refractivity contribution < 1.29 is 8.22 Å². The predicted molar refractivity (Wildman–Crippen MR) is 38.9 cm³/mol. The molecule has 0 saturated carbocycles. The van der Waals surface area contributed by atoms with Crippen molar-refractivity contribution in [3.8, 4) is 0 Å². The number of hydrogen-bond donors (Lipinski definition) is 0. The molecule has 0 amide bonds. The third-order valence-electron chi connectivity index (χ3n) is 0.614. The molecule has 0 bridgehead atoms. The van der Waals surface area contributed by atoms with E-state index in [1.54, 1.807) is 0 Å². The molecule has 0 N–H and O–H groups in total. The van der Waals surface area contributed by atoms with Gasteiger partial charge in [-0.25, -0.2) is 0 Å². The van der Waals surface area contributed by atoms with Crippen molar-refractivity contribution in [3.05, 3.63) is 34.2 Å². The van der Waals surface area contributed by atoms with Crippen molar-refractivity contribution in [3.63, 3.8) is 0 Å². The molecule has 0 nitrogen and oxygen atoms in total.